The highest BCUT2D eigenvalue weighted by Crippen LogP contribution is 2.17. The van der Waals surface area contributed by atoms with Crippen LogP contribution < -0.4 is 5.32 Å². The smallest absolute Gasteiger partial charge is 0.410 e. The third-order valence-electron chi connectivity index (χ3n) is 4.85. The van der Waals surface area contributed by atoms with Crippen LogP contribution in [-0.2, 0) is 4.74 Å². The molecule has 2 rings (SSSR count). The lowest BCUT2D eigenvalue weighted by Gasteiger charge is -2.28. The number of hydrogen-bond acceptors (Lipinski definition) is 4. The quantitative estimate of drug-likeness (QED) is 0.259. The number of nitrogens with zero attached hydrogens (tertiary/aromatic N) is 4. The number of nitrogens with one attached hydrogen (secondary N) is 1. The van der Waals surface area contributed by atoms with Gasteiger partial charge < -0.3 is 19.9 Å². The lowest BCUT2D eigenvalue weighted by molar-refractivity contribution is 0.0253. The lowest BCUT2D eigenvalue weighted by Crippen LogP contribution is -2.46. The number of hydrogen-bond donors (Lipinski definition) is 1. The zero-order valence-corrected chi connectivity index (χ0v) is 20.4. The summed E-state index contributed by atoms with van der Waals surface area (Å²) >= 11 is 0. The molecule has 2 heterocycles. The molecule has 0 aliphatic carbocycles. The minimum Gasteiger partial charge on any atom is -0.444 e. The van der Waals surface area contributed by atoms with Crippen LogP contribution in [0.5, 0.6) is 0 Å². The maximum absolute atomic E-state index is 12.4. The molecule has 2 aliphatic heterocycles. The summed E-state index contributed by atoms with van der Waals surface area (Å²) in [6, 6.07) is 0.594. The second kappa shape index (κ2) is 11.8. The molecule has 7 nitrogen and oxygen atoms in total. The monoisotopic (exact) mass is 507 g/mol. The van der Waals surface area contributed by atoms with E-state index in [2.05, 4.69) is 39.2 Å². The number of ether oxygens (including phenoxy) is 1. The number of likely N-dealkylation sites (tertiary alicyclic amines) is 1. The van der Waals surface area contributed by atoms with Crippen LogP contribution in [0.15, 0.2) is 17.1 Å². The van der Waals surface area contributed by atoms with E-state index in [4.69, 9.17) is 4.74 Å². The molecule has 0 aromatic rings. The second-order valence-corrected chi connectivity index (χ2v) is 8.26. The molecule has 0 saturated carbocycles. The zero-order valence-electron chi connectivity index (χ0n) is 18.1. The van der Waals surface area contributed by atoms with Gasteiger partial charge in [0.15, 0.2) is 5.96 Å². The summed E-state index contributed by atoms with van der Waals surface area (Å²) in [7, 11) is 1.82. The molecule has 0 aromatic carbocycles. The molecule has 2 aliphatic rings. The van der Waals surface area contributed by atoms with Crippen LogP contribution in [0, 0.1) is 0 Å². The fourth-order valence-electron chi connectivity index (χ4n) is 3.55. The zero-order chi connectivity index (χ0) is 19.9. The minimum atomic E-state index is -0.471. The lowest BCUT2D eigenvalue weighted by atomic mass is 10.2. The van der Waals surface area contributed by atoms with Crippen molar-refractivity contribution < 1.29 is 9.53 Å². The van der Waals surface area contributed by atoms with Gasteiger partial charge in [0.2, 0.25) is 0 Å². The van der Waals surface area contributed by atoms with Gasteiger partial charge in [-0.05, 0) is 33.6 Å². The number of amides is 1. The van der Waals surface area contributed by atoms with Crippen LogP contribution in [0.25, 0.3) is 0 Å². The van der Waals surface area contributed by atoms with Gasteiger partial charge in [-0.2, -0.15) is 0 Å². The van der Waals surface area contributed by atoms with E-state index in [1.165, 1.54) is 6.42 Å². The molecule has 1 atom stereocenters. The van der Waals surface area contributed by atoms with Crippen molar-refractivity contribution >= 4 is 36.0 Å². The number of carbonyl (C=O) groups is 1. The van der Waals surface area contributed by atoms with E-state index < -0.39 is 5.60 Å². The summed E-state index contributed by atoms with van der Waals surface area (Å²) < 4.78 is 5.51. The van der Waals surface area contributed by atoms with Gasteiger partial charge in [-0.15, -0.1) is 24.0 Å². The summed E-state index contributed by atoms with van der Waals surface area (Å²) in [5.41, 5.74) is -0.471. The molecule has 8 heteroatoms. The van der Waals surface area contributed by atoms with E-state index >= 15 is 0 Å². The molecule has 0 bridgehead atoms. The molecule has 1 N–H and O–H groups in total. The third kappa shape index (κ3) is 7.77. The first kappa shape index (κ1) is 25.0. The van der Waals surface area contributed by atoms with Crippen LogP contribution in [0.4, 0.5) is 4.79 Å². The summed E-state index contributed by atoms with van der Waals surface area (Å²) in [5, 5.41) is 3.42. The molecule has 28 heavy (non-hydrogen) atoms. The summed E-state index contributed by atoms with van der Waals surface area (Å²) in [6.07, 6.45) is 6.32. The van der Waals surface area contributed by atoms with Gasteiger partial charge in [0.05, 0.1) is 0 Å². The molecule has 1 unspecified atom stereocenters. The van der Waals surface area contributed by atoms with Crippen molar-refractivity contribution in [2.24, 2.45) is 4.99 Å². The van der Waals surface area contributed by atoms with Crippen LogP contribution in [0.3, 0.4) is 0 Å². The second-order valence-electron chi connectivity index (χ2n) is 8.26. The highest BCUT2D eigenvalue weighted by Gasteiger charge is 2.29. The number of rotatable bonds is 6. The van der Waals surface area contributed by atoms with E-state index in [9.17, 15) is 4.79 Å². The highest BCUT2D eigenvalue weighted by molar-refractivity contribution is 14.0. The first-order chi connectivity index (χ1) is 12.8. The van der Waals surface area contributed by atoms with E-state index in [1.54, 1.807) is 4.90 Å². The van der Waals surface area contributed by atoms with Crippen molar-refractivity contribution in [3.05, 3.63) is 12.2 Å². The number of guanidine groups is 1. The third-order valence-corrected chi connectivity index (χ3v) is 4.85. The average Bonchev–Trinajstić information content (AvgIpc) is 3.27. The Morgan fingerprint density at radius 2 is 1.96 bits per heavy atom. The first-order valence-electron chi connectivity index (χ1n) is 10.2. The van der Waals surface area contributed by atoms with Crippen LogP contribution in [-0.4, -0.2) is 91.3 Å². The predicted molar refractivity (Wildman–Crippen MR) is 126 cm³/mol. The van der Waals surface area contributed by atoms with Gasteiger partial charge in [0.1, 0.15) is 5.60 Å². The van der Waals surface area contributed by atoms with E-state index in [0.29, 0.717) is 25.7 Å². The fraction of sp³-hybridized carbons (Fsp3) is 0.800. The van der Waals surface area contributed by atoms with Crippen molar-refractivity contribution in [2.45, 2.75) is 52.2 Å². The Hall–Kier alpha value is -1.03. The van der Waals surface area contributed by atoms with E-state index in [0.717, 1.165) is 38.6 Å². The maximum Gasteiger partial charge on any atom is 0.410 e. The molecule has 1 amide bonds. The van der Waals surface area contributed by atoms with Gasteiger partial charge in [0, 0.05) is 58.9 Å². The standard InChI is InChI=1S/C20H37N5O2.HI/c1-6-11-24(19(26)27-20(2,3)4)15-10-22-18(21-5)25-14-9-17(16-25)23-12-7-8-13-23;/h7-8,17H,6,9-16H2,1-5H3,(H,21,22);1H. The van der Waals surface area contributed by atoms with Crippen molar-refractivity contribution in [3.8, 4) is 0 Å². The van der Waals surface area contributed by atoms with Gasteiger partial charge in [-0.25, -0.2) is 4.79 Å². The Bertz CT molecular complexity index is 539. The van der Waals surface area contributed by atoms with Crippen molar-refractivity contribution in [3.63, 3.8) is 0 Å². The van der Waals surface area contributed by atoms with Gasteiger partial charge >= 0.3 is 6.09 Å². The summed E-state index contributed by atoms with van der Waals surface area (Å²) in [5.74, 6) is 0.922. The Morgan fingerprint density at radius 1 is 1.29 bits per heavy atom. The minimum absolute atomic E-state index is 0. The van der Waals surface area contributed by atoms with Crippen molar-refractivity contribution in [1.29, 1.82) is 0 Å². The Balaban J connectivity index is 0.00000392. The average molecular weight is 507 g/mol. The molecule has 0 spiro atoms. The maximum atomic E-state index is 12.4. The summed E-state index contributed by atoms with van der Waals surface area (Å²) in [6.45, 7) is 13.9. The molecular formula is C20H38IN5O2. The van der Waals surface area contributed by atoms with E-state index in [-0.39, 0.29) is 30.1 Å². The molecule has 1 fully saturated rings. The summed E-state index contributed by atoms with van der Waals surface area (Å²) in [4.78, 5) is 23.4. The molecule has 1 saturated heterocycles. The molecule has 0 radical (unpaired) electrons. The molecular weight excluding hydrogens is 469 g/mol. The van der Waals surface area contributed by atoms with Gasteiger partial charge in [-0.1, -0.05) is 19.1 Å². The van der Waals surface area contributed by atoms with Crippen LogP contribution in [0.1, 0.15) is 40.5 Å². The predicted octanol–water partition coefficient (Wildman–Crippen LogP) is 2.77. The molecule has 162 valence electrons. The largest absolute Gasteiger partial charge is 0.444 e. The number of carbonyl (C=O) groups excluding carboxylic acids is 1. The molecule has 0 aromatic heterocycles. The van der Waals surface area contributed by atoms with Gasteiger partial charge in [-0.3, -0.25) is 9.89 Å². The highest BCUT2D eigenvalue weighted by atomic mass is 127. The SMILES string of the molecule is CCCN(CCNC(=NC)N1CCC(N2CC=CC2)C1)C(=O)OC(C)(C)C.I. The van der Waals surface area contributed by atoms with Crippen LogP contribution in [0.2, 0.25) is 0 Å². The first-order valence-corrected chi connectivity index (χ1v) is 10.2. The normalized spacial score (nSPS) is 20.2. The van der Waals surface area contributed by atoms with Gasteiger partial charge in [0.25, 0.3) is 0 Å². The Morgan fingerprint density at radius 3 is 2.54 bits per heavy atom. The fourth-order valence-corrected chi connectivity index (χ4v) is 3.55. The van der Waals surface area contributed by atoms with Crippen molar-refractivity contribution in [2.75, 3.05) is 52.9 Å². The number of aliphatic imine (C=N–C) groups is 1. The van der Waals surface area contributed by atoms with E-state index in [1.807, 2.05) is 27.8 Å². The van der Waals surface area contributed by atoms with Crippen LogP contribution >= 0.6 is 24.0 Å². The topological polar surface area (TPSA) is 60.4 Å². The Labute approximate surface area is 187 Å². The van der Waals surface area contributed by atoms with Crippen molar-refractivity contribution in [1.82, 2.24) is 20.0 Å². The Kier molecular flexibility index (Phi) is 10.6. The number of halogens is 1.